The lowest BCUT2D eigenvalue weighted by Gasteiger charge is -2.26. The van der Waals surface area contributed by atoms with E-state index in [1.807, 2.05) is 66.7 Å². The molecule has 39 heavy (non-hydrogen) atoms. The minimum atomic E-state index is -0.549. The van der Waals surface area contributed by atoms with Gasteiger partial charge in [0.25, 0.3) is 0 Å². The van der Waals surface area contributed by atoms with Crippen LogP contribution in [-0.2, 0) is 32.8 Å². The van der Waals surface area contributed by atoms with Crippen molar-refractivity contribution in [3.05, 3.63) is 94.4 Å². The van der Waals surface area contributed by atoms with Crippen molar-refractivity contribution in [1.29, 1.82) is 0 Å². The molecule has 1 amide bonds. The number of H-pyrrole nitrogens is 1. The van der Waals surface area contributed by atoms with E-state index in [1.54, 1.807) is 6.07 Å². The van der Waals surface area contributed by atoms with Crippen LogP contribution in [-0.4, -0.2) is 53.4 Å². The molecule has 7 rings (SSSR count). The number of benzene rings is 3. The molecule has 2 atom stereocenters. The molecule has 3 aliphatic rings. The van der Waals surface area contributed by atoms with E-state index >= 15 is 0 Å². The number of carbonyl (C=O) groups is 1. The molecular weight excluding hydrogens is 495 g/mol. The van der Waals surface area contributed by atoms with Crippen molar-refractivity contribution < 1.29 is 18.7 Å². The van der Waals surface area contributed by atoms with Crippen LogP contribution in [0.5, 0.6) is 0 Å². The van der Waals surface area contributed by atoms with Gasteiger partial charge in [-0.2, -0.15) is 5.10 Å². The molecule has 1 aromatic heterocycles. The van der Waals surface area contributed by atoms with Crippen LogP contribution in [0.4, 0.5) is 10.1 Å². The van der Waals surface area contributed by atoms with Crippen molar-refractivity contribution in [3.8, 4) is 0 Å². The van der Waals surface area contributed by atoms with Gasteiger partial charge < -0.3 is 14.8 Å². The fourth-order valence-corrected chi connectivity index (χ4v) is 5.77. The Hall–Kier alpha value is -3.85. The third-order valence-corrected chi connectivity index (χ3v) is 8.07. The number of anilines is 1. The summed E-state index contributed by atoms with van der Waals surface area (Å²) >= 11 is 0. The molecule has 2 N–H and O–H groups in total. The van der Waals surface area contributed by atoms with E-state index in [1.165, 1.54) is 0 Å². The summed E-state index contributed by atoms with van der Waals surface area (Å²) in [5, 5.41) is 11.5. The Balaban J connectivity index is 1.00. The lowest BCUT2D eigenvalue weighted by molar-refractivity contribution is -0.119. The fourth-order valence-electron chi connectivity index (χ4n) is 5.77. The number of nitrogens with zero attached hydrogens (tertiary/aromatic N) is 2. The van der Waals surface area contributed by atoms with Gasteiger partial charge in [-0.15, -0.1) is 0 Å². The number of aromatic amines is 1. The Morgan fingerprint density at radius 2 is 1.97 bits per heavy atom. The summed E-state index contributed by atoms with van der Waals surface area (Å²) < 4.78 is 26.3. The van der Waals surface area contributed by atoms with Crippen LogP contribution in [0.2, 0.25) is 0 Å². The SMILES string of the molecule is O=C1Nc2ccccc2[C@@]12C[C@@H]2OCc1ccc2c(/C=C/c3ccc(CN4CCOCC4)c(F)c3)n[nH]c2c1. The fraction of sp³-hybridized carbons (Fsp3) is 0.290. The molecule has 2 fully saturated rings. The van der Waals surface area contributed by atoms with Gasteiger partial charge in [-0.3, -0.25) is 14.8 Å². The summed E-state index contributed by atoms with van der Waals surface area (Å²) in [4.78, 5) is 14.9. The second kappa shape index (κ2) is 9.72. The van der Waals surface area contributed by atoms with Crippen LogP contribution in [0.15, 0.2) is 60.7 Å². The van der Waals surface area contributed by atoms with Crippen molar-refractivity contribution in [2.45, 2.75) is 31.1 Å². The maximum atomic E-state index is 14.7. The first-order chi connectivity index (χ1) is 19.1. The number of halogens is 1. The number of rotatable bonds is 7. The molecule has 0 unspecified atom stereocenters. The normalized spacial score (nSPS) is 22.6. The van der Waals surface area contributed by atoms with Crippen molar-refractivity contribution in [2.24, 2.45) is 0 Å². The summed E-state index contributed by atoms with van der Waals surface area (Å²) in [5.41, 5.74) is 5.56. The van der Waals surface area contributed by atoms with Gasteiger partial charge >= 0.3 is 0 Å². The average molecular weight is 525 g/mol. The van der Waals surface area contributed by atoms with Crippen molar-refractivity contribution in [1.82, 2.24) is 15.1 Å². The number of para-hydroxylation sites is 1. The number of hydrogen-bond acceptors (Lipinski definition) is 5. The molecular formula is C31H29FN4O3. The molecule has 3 aromatic carbocycles. The topological polar surface area (TPSA) is 79.5 Å². The minimum Gasteiger partial charge on any atom is -0.379 e. The molecule has 2 aliphatic heterocycles. The van der Waals surface area contributed by atoms with Gasteiger partial charge in [-0.1, -0.05) is 48.5 Å². The highest BCUT2D eigenvalue weighted by atomic mass is 19.1. The summed E-state index contributed by atoms with van der Waals surface area (Å²) in [6, 6.07) is 19.3. The number of morpholine rings is 1. The first kappa shape index (κ1) is 24.2. The standard InChI is InChI=1S/C31H29FN4O3/c32-25-15-20(5-8-22(25)18-36-11-13-38-14-12-36)7-10-26-23-9-6-21(16-28(23)35-34-26)19-39-29-17-31(29)24-3-1-2-4-27(24)33-30(31)37/h1-10,15-16,29H,11-14,17-19H2,(H,33,37)(H,34,35)/b10-7+/t29-,31+/m0/s1. The zero-order chi connectivity index (χ0) is 26.4. The smallest absolute Gasteiger partial charge is 0.237 e. The average Bonchev–Trinajstić information content (AvgIpc) is 3.45. The number of aromatic nitrogens is 2. The highest BCUT2D eigenvalue weighted by Gasteiger charge is 2.65. The van der Waals surface area contributed by atoms with E-state index in [9.17, 15) is 9.18 Å². The largest absolute Gasteiger partial charge is 0.379 e. The Bertz CT molecular complexity index is 1590. The van der Waals surface area contributed by atoms with Crippen molar-refractivity contribution in [3.63, 3.8) is 0 Å². The van der Waals surface area contributed by atoms with Gasteiger partial charge in [0.15, 0.2) is 0 Å². The van der Waals surface area contributed by atoms with E-state index in [-0.39, 0.29) is 17.8 Å². The molecule has 8 heteroatoms. The molecule has 0 radical (unpaired) electrons. The van der Waals surface area contributed by atoms with Crippen LogP contribution in [0, 0.1) is 5.82 Å². The quantitative estimate of drug-likeness (QED) is 0.360. The molecule has 7 nitrogen and oxygen atoms in total. The van der Waals surface area contributed by atoms with E-state index in [0.29, 0.717) is 38.3 Å². The van der Waals surface area contributed by atoms with Crippen molar-refractivity contribution in [2.75, 3.05) is 31.6 Å². The Morgan fingerprint density at radius 1 is 1.10 bits per heavy atom. The van der Waals surface area contributed by atoms with E-state index in [2.05, 4.69) is 20.4 Å². The van der Waals surface area contributed by atoms with Crippen LogP contribution >= 0.6 is 0 Å². The molecule has 1 saturated carbocycles. The number of nitrogens with one attached hydrogen (secondary N) is 2. The number of amides is 1. The Labute approximate surface area is 225 Å². The van der Waals surface area contributed by atoms with Crippen LogP contribution < -0.4 is 5.32 Å². The van der Waals surface area contributed by atoms with Gasteiger partial charge in [-0.25, -0.2) is 4.39 Å². The predicted molar refractivity (Wildman–Crippen MR) is 147 cm³/mol. The highest BCUT2D eigenvalue weighted by molar-refractivity contribution is 6.09. The molecule has 1 aliphatic carbocycles. The van der Waals surface area contributed by atoms with Crippen molar-refractivity contribution >= 4 is 34.6 Å². The minimum absolute atomic E-state index is 0.0285. The van der Waals surface area contributed by atoms with Crippen LogP contribution in [0.25, 0.3) is 23.1 Å². The second-order valence-electron chi connectivity index (χ2n) is 10.5. The first-order valence-corrected chi connectivity index (χ1v) is 13.4. The molecule has 198 valence electrons. The molecule has 1 saturated heterocycles. The van der Waals surface area contributed by atoms with Gasteiger partial charge in [0, 0.05) is 36.3 Å². The predicted octanol–water partition coefficient (Wildman–Crippen LogP) is 4.88. The summed E-state index contributed by atoms with van der Waals surface area (Å²) in [5.74, 6) is -0.169. The number of ether oxygens (including phenoxy) is 2. The van der Waals surface area contributed by atoms with E-state index < -0.39 is 5.41 Å². The highest BCUT2D eigenvalue weighted by Crippen LogP contribution is 2.56. The third kappa shape index (κ3) is 4.44. The van der Waals surface area contributed by atoms with Gasteiger partial charge in [0.1, 0.15) is 11.2 Å². The lowest BCUT2D eigenvalue weighted by Crippen LogP contribution is -2.35. The second-order valence-corrected chi connectivity index (χ2v) is 10.5. The summed E-state index contributed by atoms with van der Waals surface area (Å²) in [6.45, 7) is 4.06. The Morgan fingerprint density at radius 3 is 2.85 bits per heavy atom. The molecule has 0 bridgehead atoms. The van der Waals surface area contributed by atoms with Gasteiger partial charge in [0.2, 0.25) is 5.91 Å². The van der Waals surface area contributed by atoms with E-state index in [4.69, 9.17) is 9.47 Å². The maximum absolute atomic E-state index is 14.7. The monoisotopic (exact) mass is 524 g/mol. The van der Waals surface area contributed by atoms with E-state index in [0.717, 1.165) is 52.1 Å². The van der Waals surface area contributed by atoms with Gasteiger partial charge in [0.05, 0.1) is 37.1 Å². The number of carbonyl (C=O) groups excluding carboxylic acids is 1. The van der Waals surface area contributed by atoms with Crippen LogP contribution in [0.1, 0.15) is 34.4 Å². The maximum Gasteiger partial charge on any atom is 0.237 e. The first-order valence-electron chi connectivity index (χ1n) is 13.4. The number of hydrogen-bond donors (Lipinski definition) is 2. The molecule has 1 spiro atoms. The third-order valence-electron chi connectivity index (χ3n) is 8.07. The summed E-state index contributed by atoms with van der Waals surface area (Å²) in [7, 11) is 0. The zero-order valence-electron chi connectivity index (χ0n) is 21.5. The van der Waals surface area contributed by atoms with Gasteiger partial charge in [-0.05, 0) is 47.4 Å². The molecule has 3 heterocycles. The van der Waals surface area contributed by atoms with Crippen LogP contribution in [0.3, 0.4) is 0 Å². The summed E-state index contributed by atoms with van der Waals surface area (Å²) in [6.07, 6.45) is 4.35. The molecule has 4 aromatic rings. The zero-order valence-corrected chi connectivity index (χ0v) is 21.5. The Kier molecular flexibility index (Phi) is 6.03. The lowest BCUT2D eigenvalue weighted by atomic mass is 9.97. The number of fused-ring (bicyclic) bond motifs is 3.